The average molecular weight is 465 g/mol. The van der Waals surface area contributed by atoms with Crippen LogP contribution in [0.3, 0.4) is 0 Å². The maximum absolute atomic E-state index is 12.8. The molecule has 0 bridgehead atoms. The van der Waals surface area contributed by atoms with Crippen molar-refractivity contribution in [1.29, 1.82) is 0 Å². The van der Waals surface area contributed by atoms with E-state index in [1.54, 1.807) is 25.1 Å². The summed E-state index contributed by atoms with van der Waals surface area (Å²) >= 11 is 1.34. The van der Waals surface area contributed by atoms with Crippen molar-refractivity contribution in [3.63, 3.8) is 0 Å². The third kappa shape index (κ3) is 5.40. The summed E-state index contributed by atoms with van der Waals surface area (Å²) in [4.78, 5) is 16.6. The highest BCUT2D eigenvalue weighted by Gasteiger charge is 2.31. The van der Waals surface area contributed by atoms with Gasteiger partial charge in [-0.05, 0) is 51.5 Å². The van der Waals surface area contributed by atoms with Gasteiger partial charge in [0.25, 0.3) is 0 Å². The lowest BCUT2D eigenvalue weighted by Crippen LogP contribution is -2.38. The fourth-order valence-corrected chi connectivity index (χ4v) is 3.72. The average Bonchev–Trinajstić information content (AvgIpc) is 3.08. The molecule has 0 saturated carbocycles. The fourth-order valence-electron chi connectivity index (χ4n) is 2.73. The van der Waals surface area contributed by atoms with E-state index in [1.165, 1.54) is 37.3 Å². The molecule has 5 nitrogen and oxygen atoms in total. The summed E-state index contributed by atoms with van der Waals surface area (Å²) in [6, 6.07) is 10.0. The molecular weight excluding hydrogens is 443 g/mol. The van der Waals surface area contributed by atoms with Crippen molar-refractivity contribution in [2.24, 2.45) is 0 Å². The number of ether oxygens (including phenoxy) is 2. The molecule has 0 fully saturated rings. The number of aryl methyl sites for hydroxylation is 2. The number of hydrogen-bond donors (Lipinski definition) is 1. The van der Waals surface area contributed by atoms with Crippen LogP contribution in [0.4, 0.5) is 13.2 Å². The van der Waals surface area contributed by atoms with E-state index >= 15 is 0 Å². The Morgan fingerprint density at radius 3 is 2.34 bits per heavy atom. The largest absolute Gasteiger partial charge is 0.488 e. The van der Waals surface area contributed by atoms with Crippen LogP contribution < -0.4 is 9.47 Å². The summed E-state index contributed by atoms with van der Waals surface area (Å²) < 4.78 is 49.8. The van der Waals surface area contributed by atoms with E-state index in [0.29, 0.717) is 22.1 Å². The number of nitrogens with zero attached hydrogens (tertiary/aromatic N) is 1. The summed E-state index contributed by atoms with van der Waals surface area (Å²) in [6.07, 6.45) is -4.38. The molecule has 9 heteroatoms. The van der Waals surface area contributed by atoms with Crippen LogP contribution in [0, 0.1) is 13.8 Å². The summed E-state index contributed by atoms with van der Waals surface area (Å²) in [5, 5.41) is 9.88. The SMILES string of the molecule is Cc1ccc(OCc2sc(-c3ccc(C(F)(F)F)cc3)nc2C)cc1OC(C)(C)C(=O)O. The Kier molecular flexibility index (Phi) is 6.50. The standard InChI is InChI=1S/C23H22F3NO4S/c1-13-5-10-17(11-18(13)31-22(3,4)21(28)29)30-12-19-14(2)27-20(32-19)15-6-8-16(9-7-15)23(24,25)26/h5-11H,12H2,1-4H3,(H,28,29). The third-order valence-electron chi connectivity index (χ3n) is 4.76. The number of hydrogen-bond acceptors (Lipinski definition) is 5. The molecule has 3 rings (SSSR count). The Morgan fingerprint density at radius 1 is 1.09 bits per heavy atom. The van der Waals surface area contributed by atoms with Gasteiger partial charge in [0.05, 0.1) is 16.1 Å². The minimum absolute atomic E-state index is 0.203. The zero-order valence-electron chi connectivity index (χ0n) is 17.9. The van der Waals surface area contributed by atoms with Crippen molar-refractivity contribution in [3.8, 4) is 22.1 Å². The minimum atomic E-state index is -4.38. The van der Waals surface area contributed by atoms with Gasteiger partial charge >= 0.3 is 12.1 Å². The number of rotatable bonds is 7. The molecule has 0 unspecified atom stereocenters. The zero-order valence-corrected chi connectivity index (χ0v) is 18.7. The van der Waals surface area contributed by atoms with Crippen LogP contribution in [0.15, 0.2) is 42.5 Å². The molecule has 0 amide bonds. The molecule has 0 spiro atoms. The van der Waals surface area contributed by atoms with Crippen LogP contribution in [-0.4, -0.2) is 21.7 Å². The van der Waals surface area contributed by atoms with Gasteiger partial charge in [-0.25, -0.2) is 9.78 Å². The molecule has 0 aliphatic carbocycles. The number of carboxylic acid groups (broad SMARTS) is 1. The molecular formula is C23H22F3NO4S. The summed E-state index contributed by atoms with van der Waals surface area (Å²) in [7, 11) is 0. The topological polar surface area (TPSA) is 68.7 Å². The van der Waals surface area contributed by atoms with E-state index in [4.69, 9.17) is 9.47 Å². The van der Waals surface area contributed by atoms with Crippen molar-refractivity contribution < 1.29 is 32.5 Å². The molecule has 3 aromatic rings. The lowest BCUT2D eigenvalue weighted by atomic mass is 10.1. The Labute approximate surface area is 187 Å². The minimum Gasteiger partial charge on any atom is -0.488 e. The van der Waals surface area contributed by atoms with Gasteiger partial charge in [-0.3, -0.25) is 0 Å². The number of halogens is 3. The first-order valence-electron chi connectivity index (χ1n) is 9.66. The Morgan fingerprint density at radius 2 is 1.75 bits per heavy atom. The zero-order chi connectivity index (χ0) is 23.7. The van der Waals surface area contributed by atoms with Gasteiger partial charge in [0.15, 0.2) is 5.60 Å². The molecule has 2 aromatic carbocycles. The second-order valence-electron chi connectivity index (χ2n) is 7.74. The highest BCUT2D eigenvalue weighted by Crippen LogP contribution is 2.34. The van der Waals surface area contributed by atoms with Crippen molar-refractivity contribution in [2.45, 2.75) is 46.1 Å². The Hall–Kier alpha value is -3.07. The molecule has 1 heterocycles. The summed E-state index contributed by atoms with van der Waals surface area (Å²) in [5.41, 5.74) is -0.0136. The monoisotopic (exact) mass is 465 g/mol. The first-order valence-corrected chi connectivity index (χ1v) is 10.5. The smallest absolute Gasteiger partial charge is 0.416 e. The van der Waals surface area contributed by atoms with Gasteiger partial charge in [-0.15, -0.1) is 11.3 Å². The summed E-state index contributed by atoms with van der Waals surface area (Å²) in [6.45, 7) is 6.75. The number of thiazole rings is 1. The van der Waals surface area contributed by atoms with Crippen molar-refractivity contribution in [3.05, 3.63) is 64.2 Å². The molecule has 0 saturated heterocycles. The normalized spacial score (nSPS) is 12.0. The first kappa shape index (κ1) is 23.6. The van der Waals surface area contributed by atoms with Crippen LogP contribution in [0.5, 0.6) is 11.5 Å². The van der Waals surface area contributed by atoms with E-state index in [-0.39, 0.29) is 6.61 Å². The van der Waals surface area contributed by atoms with Gasteiger partial charge in [0.1, 0.15) is 23.1 Å². The van der Waals surface area contributed by atoms with Crippen LogP contribution in [0.2, 0.25) is 0 Å². The molecule has 32 heavy (non-hydrogen) atoms. The number of aromatic nitrogens is 1. The number of carboxylic acids is 1. The predicted octanol–water partition coefficient (Wildman–Crippen LogP) is 6.27. The van der Waals surface area contributed by atoms with Crippen LogP contribution in [0.1, 0.15) is 35.5 Å². The van der Waals surface area contributed by atoms with E-state index in [9.17, 15) is 23.1 Å². The maximum Gasteiger partial charge on any atom is 0.416 e. The number of aliphatic carboxylic acids is 1. The van der Waals surface area contributed by atoms with Gasteiger partial charge in [-0.2, -0.15) is 13.2 Å². The van der Waals surface area contributed by atoms with E-state index in [1.807, 2.05) is 6.92 Å². The molecule has 0 atom stereocenters. The fraction of sp³-hybridized carbons (Fsp3) is 0.304. The molecule has 170 valence electrons. The molecule has 1 aromatic heterocycles. The van der Waals surface area contributed by atoms with Gasteiger partial charge in [0.2, 0.25) is 0 Å². The van der Waals surface area contributed by atoms with Crippen molar-refractivity contribution in [2.75, 3.05) is 0 Å². The molecule has 0 aliphatic rings. The van der Waals surface area contributed by atoms with Gasteiger partial charge < -0.3 is 14.6 Å². The lowest BCUT2D eigenvalue weighted by molar-refractivity contribution is -0.152. The Balaban J connectivity index is 1.74. The molecule has 0 aliphatic heterocycles. The third-order valence-corrected chi connectivity index (χ3v) is 5.94. The van der Waals surface area contributed by atoms with Crippen molar-refractivity contribution in [1.82, 2.24) is 4.98 Å². The van der Waals surface area contributed by atoms with Crippen molar-refractivity contribution >= 4 is 17.3 Å². The van der Waals surface area contributed by atoms with Crippen LogP contribution in [-0.2, 0) is 17.6 Å². The highest BCUT2D eigenvalue weighted by atomic mass is 32.1. The summed E-state index contributed by atoms with van der Waals surface area (Å²) in [5.74, 6) is -0.184. The number of benzene rings is 2. The second kappa shape index (κ2) is 8.82. The van der Waals surface area contributed by atoms with Crippen LogP contribution >= 0.6 is 11.3 Å². The first-order chi connectivity index (χ1) is 14.9. The highest BCUT2D eigenvalue weighted by molar-refractivity contribution is 7.15. The van der Waals surface area contributed by atoms with Crippen LogP contribution in [0.25, 0.3) is 10.6 Å². The maximum atomic E-state index is 12.8. The molecule has 0 radical (unpaired) electrons. The predicted molar refractivity (Wildman–Crippen MR) is 115 cm³/mol. The quantitative estimate of drug-likeness (QED) is 0.446. The number of carbonyl (C=O) groups is 1. The lowest BCUT2D eigenvalue weighted by Gasteiger charge is -2.23. The van der Waals surface area contributed by atoms with Gasteiger partial charge in [-0.1, -0.05) is 18.2 Å². The Bertz CT molecular complexity index is 1120. The van der Waals surface area contributed by atoms with Gasteiger partial charge in [0, 0.05) is 11.6 Å². The van der Waals surface area contributed by atoms with E-state index in [2.05, 4.69) is 4.98 Å². The second-order valence-corrected chi connectivity index (χ2v) is 8.82. The number of alkyl halides is 3. The van der Waals surface area contributed by atoms with E-state index in [0.717, 1.165) is 28.3 Å². The van der Waals surface area contributed by atoms with E-state index < -0.39 is 23.3 Å². The molecule has 1 N–H and O–H groups in total.